The summed E-state index contributed by atoms with van der Waals surface area (Å²) in [6.07, 6.45) is 10.5. The van der Waals surface area contributed by atoms with Gasteiger partial charge in [-0.3, -0.25) is 4.79 Å². The van der Waals surface area contributed by atoms with Crippen molar-refractivity contribution in [1.82, 2.24) is 0 Å². The number of benzene rings is 1. The van der Waals surface area contributed by atoms with E-state index in [4.69, 9.17) is 0 Å². The highest BCUT2D eigenvalue weighted by molar-refractivity contribution is 5.94. The molecule has 1 N–H and O–H groups in total. The summed E-state index contributed by atoms with van der Waals surface area (Å²) in [4.78, 5) is 12.7. The van der Waals surface area contributed by atoms with Crippen LogP contribution < -0.4 is 5.32 Å². The lowest BCUT2D eigenvalue weighted by Crippen LogP contribution is -2.28. The summed E-state index contributed by atoms with van der Waals surface area (Å²) in [5, 5.41) is 3.27. The van der Waals surface area contributed by atoms with E-state index in [2.05, 4.69) is 44.3 Å². The van der Waals surface area contributed by atoms with E-state index in [1.54, 1.807) is 0 Å². The van der Waals surface area contributed by atoms with Crippen LogP contribution in [0.3, 0.4) is 0 Å². The molecule has 2 nitrogen and oxygen atoms in total. The van der Waals surface area contributed by atoms with Crippen molar-refractivity contribution < 1.29 is 4.79 Å². The minimum Gasteiger partial charge on any atom is -0.325 e. The molecule has 1 fully saturated rings. The highest BCUT2D eigenvalue weighted by Gasteiger charge is 2.26. The average molecular weight is 316 g/mol. The molecule has 1 aromatic carbocycles. The number of anilines is 1. The first-order valence-corrected chi connectivity index (χ1v) is 9.61. The Morgan fingerprint density at radius 3 is 2.17 bits per heavy atom. The molecule has 1 aromatic rings. The van der Waals surface area contributed by atoms with Gasteiger partial charge in [0.05, 0.1) is 0 Å². The number of unbranched alkanes of at least 4 members (excludes halogenated alkanes) is 1. The zero-order valence-corrected chi connectivity index (χ0v) is 15.2. The molecule has 0 saturated heterocycles. The molecule has 0 bridgehead atoms. The molecule has 23 heavy (non-hydrogen) atoms. The summed E-state index contributed by atoms with van der Waals surface area (Å²) >= 11 is 0. The Labute approximate surface area is 142 Å². The van der Waals surface area contributed by atoms with Crippen molar-refractivity contribution in [1.29, 1.82) is 0 Å². The topological polar surface area (TPSA) is 29.1 Å². The van der Waals surface area contributed by atoms with Gasteiger partial charge in [0.25, 0.3) is 0 Å². The first-order chi connectivity index (χ1) is 11.2. The van der Waals surface area contributed by atoms with E-state index in [-0.39, 0.29) is 11.8 Å². The molecule has 0 atom stereocenters. The molecule has 0 unspecified atom stereocenters. The molecule has 1 saturated carbocycles. The smallest absolute Gasteiger partial charge is 0.227 e. The fraction of sp³-hybridized carbons (Fsp3) is 0.667. The van der Waals surface area contributed by atoms with Gasteiger partial charge in [0.15, 0.2) is 0 Å². The number of hydrogen-bond donors (Lipinski definition) is 1. The fourth-order valence-corrected chi connectivity index (χ4v) is 3.83. The number of aryl methyl sites for hydroxylation is 2. The number of rotatable bonds is 7. The van der Waals surface area contributed by atoms with Crippen molar-refractivity contribution in [2.75, 3.05) is 5.32 Å². The summed E-state index contributed by atoms with van der Waals surface area (Å²) < 4.78 is 0. The fourth-order valence-electron chi connectivity index (χ4n) is 3.83. The molecule has 1 aliphatic rings. The third kappa shape index (κ3) is 4.83. The van der Waals surface area contributed by atoms with Gasteiger partial charge < -0.3 is 5.32 Å². The molecule has 0 aromatic heterocycles. The van der Waals surface area contributed by atoms with Crippen molar-refractivity contribution in [3.63, 3.8) is 0 Å². The maximum Gasteiger partial charge on any atom is 0.227 e. The molecule has 1 amide bonds. The van der Waals surface area contributed by atoms with Crippen molar-refractivity contribution in [3.05, 3.63) is 29.3 Å². The van der Waals surface area contributed by atoms with Gasteiger partial charge >= 0.3 is 0 Å². The Balaban J connectivity index is 1.95. The lowest BCUT2D eigenvalue weighted by atomic mass is 9.79. The number of para-hydroxylation sites is 1. The van der Waals surface area contributed by atoms with Gasteiger partial charge in [-0.25, -0.2) is 0 Å². The van der Waals surface area contributed by atoms with Gasteiger partial charge in [-0.2, -0.15) is 0 Å². The van der Waals surface area contributed by atoms with Crippen molar-refractivity contribution in [2.24, 2.45) is 11.8 Å². The van der Waals surface area contributed by atoms with Crippen molar-refractivity contribution >= 4 is 11.6 Å². The highest BCUT2D eigenvalue weighted by atomic mass is 16.1. The second-order valence-electron chi connectivity index (χ2n) is 7.01. The van der Waals surface area contributed by atoms with Crippen LogP contribution in [0.15, 0.2) is 18.2 Å². The summed E-state index contributed by atoms with van der Waals surface area (Å²) in [6.45, 7) is 6.57. The molecule has 0 radical (unpaired) electrons. The number of carbonyl (C=O) groups excluding carboxylic acids is 1. The summed E-state index contributed by atoms with van der Waals surface area (Å²) in [6, 6.07) is 6.37. The molecule has 2 heteroatoms. The van der Waals surface area contributed by atoms with Gasteiger partial charge in [0.2, 0.25) is 5.91 Å². The van der Waals surface area contributed by atoms with E-state index in [9.17, 15) is 4.79 Å². The number of carbonyl (C=O) groups is 1. The van der Waals surface area contributed by atoms with Crippen LogP contribution in [-0.2, 0) is 17.6 Å². The van der Waals surface area contributed by atoms with E-state index in [1.807, 2.05) is 0 Å². The first kappa shape index (κ1) is 18.0. The Bertz CT molecular complexity index is 478. The van der Waals surface area contributed by atoms with Gasteiger partial charge in [-0.1, -0.05) is 58.2 Å². The predicted octanol–water partition coefficient (Wildman–Crippen LogP) is 5.75. The van der Waals surface area contributed by atoms with Crippen LogP contribution in [0.5, 0.6) is 0 Å². The minimum atomic E-state index is 0.211. The molecular weight excluding hydrogens is 282 g/mol. The van der Waals surface area contributed by atoms with Crippen LogP contribution >= 0.6 is 0 Å². The molecule has 128 valence electrons. The summed E-state index contributed by atoms with van der Waals surface area (Å²) in [5.74, 6) is 1.31. The predicted molar refractivity (Wildman–Crippen MR) is 98.8 cm³/mol. The summed E-state index contributed by atoms with van der Waals surface area (Å²) in [5.41, 5.74) is 3.60. The lowest BCUT2D eigenvalue weighted by Gasteiger charge is -2.28. The van der Waals surface area contributed by atoms with Crippen LogP contribution in [0.25, 0.3) is 0 Å². The number of hydrogen-bond acceptors (Lipinski definition) is 1. The minimum absolute atomic E-state index is 0.211. The van der Waals surface area contributed by atoms with E-state index in [0.29, 0.717) is 0 Å². The van der Waals surface area contributed by atoms with Gasteiger partial charge in [-0.05, 0) is 55.6 Å². The van der Waals surface area contributed by atoms with Gasteiger partial charge in [0.1, 0.15) is 0 Å². The standard InChI is InChI=1S/C21H33NO/c1-4-7-9-16-12-14-19(15-13-16)21(23)22-20-17(5-2)10-8-11-18(20)6-3/h8,10-11,16,19H,4-7,9,12-15H2,1-3H3,(H,22,23). The Hall–Kier alpha value is -1.31. The normalized spacial score (nSPS) is 21.2. The largest absolute Gasteiger partial charge is 0.325 e. The first-order valence-electron chi connectivity index (χ1n) is 9.61. The third-order valence-electron chi connectivity index (χ3n) is 5.43. The van der Waals surface area contributed by atoms with E-state index < -0.39 is 0 Å². The van der Waals surface area contributed by atoms with Crippen LogP contribution in [0.4, 0.5) is 5.69 Å². The van der Waals surface area contributed by atoms with Crippen molar-refractivity contribution in [3.8, 4) is 0 Å². The van der Waals surface area contributed by atoms with E-state index >= 15 is 0 Å². The maximum absolute atomic E-state index is 12.7. The Morgan fingerprint density at radius 2 is 1.65 bits per heavy atom. The van der Waals surface area contributed by atoms with Crippen molar-refractivity contribution in [2.45, 2.75) is 78.6 Å². The van der Waals surface area contributed by atoms with E-state index in [0.717, 1.165) is 37.3 Å². The van der Waals surface area contributed by atoms with Gasteiger partial charge in [-0.15, -0.1) is 0 Å². The van der Waals surface area contributed by atoms with Crippen LogP contribution in [0.2, 0.25) is 0 Å². The average Bonchev–Trinajstić information content (AvgIpc) is 2.60. The lowest BCUT2D eigenvalue weighted by molar-refractivity contribution is -0.121. The molecule has 0 spiro atoms. The Morgan fingerprint density at radius 1 is 1.04 bits per heavy atom. The molecular formula is C21H33NO. The highest BCUT2D eigenvalue weighted by Crippen LogP contribution is 2.33. The number of amides is 1. The van der Waals surface area contributed by atoms with Crippen LogP contribution in [0, 0.1) is 11.8 Å². The summed E-state index contributed by atoms with van der Waals surface area (Å²) in [7, 11) is 0. The maximum atomic E-state index is 12.7. The molecule has 0 aliphatic heterocycles. The monoisotopic (exact) mass is 315 g/mol. The SMILES string of the molecule is CCCCC1CCC(C(=O)Nc2c(CC)cccc2CC)CC1. The Kier molecular flexibility index (Phi) is 7.14. The quantitative estimate of drug-likeness (QED) is 0.682. The zero-order chi connectivity index (χ0) is 16.7. The van der Waals surface area contributed by atoms with Crippen LogP contribution in [0.1, 0.15) is 76.8 Å². The second-order valence-corrected chi connectivity index (χ2v) is 7.01. The molecule has 2 rings (SSSR count). The third-order valence-corrected chi connectivity index (χ3v) is 5.43. The second kappa shape index (κ2) is 9.10. The zero-order valence-electron chi connectivity index (χ0n) is 15.2. The van der Waals surface area contributed by atoms with E-state index in [1.165, 1.54) is 43.2 Å². The molecule has 1 aliphatic carbocycles. The van der Waals surface area contributed by atoms with Crippen LogP contribution in [-0.4, -0.2) is 5.91 Å². The van der Waals surface area contributed by atoms with Gasteiger partial charge in [0, 0.05) is 11.6 Å². The molecule has 0 heterocycles. The number of nitrogens with one attached hydrogen (secondary N) is 1.